The minimum absolute atomic E-state index is 0.260. The van der Waals surface area contributed by atoms with E-state index in [1.165, 1.54) is 0 Å². The maximum Gasteiger partial charge on any atom is 0.411 e. The van der Waals surface area contributed by atoms with Crippen molar-refractivity contribution in [2.45, 2.75) is 6.04 Å². The highest BCUT2D eigenvalue weighted by Crippen LogP contribution is 2.32. The fourth-order valence-corrected chi connectivity index (χ4v) is 1.81. The highest BCUT2D eigenvalue weighted by molar-refractivity contribution is 6.31. The first-order valence-electron chi connectivity index (χ1n) is 4.52. The van der Waals surface area contributed by atoms with E-state index in [2.05, 4.69) is 0 Å². The highest BCUT2D eigenvalue weighted by atomic mass is 35.5. The predicted octanol–water partition coefficient (Wildman–Crippen LogP) is 1.88. The van der Waals surface area contributed by atoms with Gasteiger partial charge in [-0.1, -0.05) is 29.8 Å². The maximum atomic E-state index is 11.5. The summed E-state index contributed by atoms with van der Waals surface area (Å²) >= 11 is 5.91. The lowest BCUT2D eigenvalue weighted by atomic mass is 10.1. The van der Waals surface area contributed by atoms with Crippen LogP contribution in [0.2, 0.25) is 5.02 Å². The number of esters is 1. The number of cyclic esters (lactones) is 1. The Kier molecular flexibility index (Phi) is 2.70. The van der Waals surface area contributed by atoms with Crippen LogP contribution in [-0.2, 0) is 9.53 Å². The lowest BCUT2D eigenvalue weighted by Crippen LogP contribution is -2.30. The van der Waals surface area contributed by atoms with Crippen molar-refractivity contribution in [1.82, 2.24) is 4.90 Å². The third kappa shape index (κ3) is 1.69. The SMILES string of the molecule is O=C1OCN(C(=O)O)[C@H]1c1ccccc1Cl. The van der Waals surface area contributed by atoms with Gasteiger partial charge in [-0.3, -0.25) is 4.90 Å². The Bertz CT molecular complexity index is 448. The number of carbonyl (C=O) groups is 2. The number of carboxylic acid groups (broad SMARTS) is 1. The summed E-state index contributed by atoms with van der Waals surface area (Å²) in [5.41, 5.74) is 0.439. The molecular formula is C10H8ClNO4. The molecule has 0 bridgehead atoms. The van der Waals surface area contributed by atoms with E-state index in [1.807, 2.05) is 0 Å². The van der Waals surface area contributed by atoms with Crippen LogP contribution in [0.4, 0.5) is 4.79 Å². The van der Waals surface area contributed by atoms with Crippen LogP contribution < -0.4 is 0 Å². The number of carbonyl (C=O) groups excluding carboxylic acids is 1. The topological polar surface area (TPSA) is 66.8 Å². The molecule has 1 heterocycles. The number of halogens is 1. The van der Waals surface area contributed by atoms with Gasteiger partial charge in [0.1, 0.15) is 0 Å². The van der Waals surface area contributed by atoms with Gasteiger partial charge in [-0.15, -0.1) is 0 Å². The molecule has 1 N–H and O–H groups in total. The normalized spacial score (nSPS) is 19.7. The molecule has 1 amide bonds. The molecule has 16 heavy (non-hydrogen) atoms. The standard InChI is InChI=1S/C10H8ClNO4/c11-7-4-2-1-3-6(7)8-9(13)16-5-12(8)10(14)15/h1-4,8H,5H2,(H,14,15)/t8-/m0/s1. The molecule has 2 rings (SSSR count). The zero-order valence-corrected chi connectivity index (χ0v) is 8.85. The second kappa shape index (κ2) is 4.02. The Labute approximate surface area is 96.2 Å². The van der Waals surface area contributed by atoms with Gasteiger partial charge >= 0.3 is 12.1 Å². The number of nitrogens with zero attached hydrogens (tertiary/aromatic N) is 1. The molecule has 5 nitrogen and oxygen atoms in total. The van der Waals surface area contributed by atoms with Gasteiger partial charge in [0.15, 0.2) is 12.8 Å². The van der Waals surface area contributed by atoms with E-state index in [0.717, 1.165) is 4.90 Å². The minimum atomic E-state index is -1.21. The van der Waals surface area contributed by atoms with Crippen molar-refractivity contribution in [3.05, 3.63) is 34.9 Å². The quantitative estimate of drug-likeness (QED) is 0.763. The van der Waals surface area contributed by atoms with E-state index < -0.39 is 18.1 Å². The number of hydrogen-bond acceptors (Lipinski definition) is 3. The molecule has 0 aromatic heterocycles. The van der Waals surface area contributed by atoms with Crippen molar-refractivity contribution < 1.29 is 19.4 Å². The van der Waals surface area contributed by atoms with E-state index in [1.54, 1.807) is 24.3 Å². The number of hydrogen-bond donors (Lipinski definition) is 1. The van der Waals surface area contributed by atoms with Crippen LogP contribution in [0.5, 0.6) is 0 Å². The summed E-state index contributed by atoms with van der Waals surface area (Å²) in [6.07, 6.45) is -1.21. The van der Waals surface area contributed by atoms with Crippen molar-refractivity contribution in [3.8, 4) is 0 Å². The molecule has 0 spiro atoms. The summed E-state index contributed by atoms with van der Waals surface area (Å²) in [5.74, 6) is -0.601. The number of amides is 1. The first-order chi connectivity index (χ1) is 7.61. The number of benzene rings is 1. The van der Waals surface area contributed by atoms with Gasteiger partial charge in [0.05, 0.1) is 0 Å². The first kappa shape index (κ1) is 10.8. The predicted molar refractivity (Wildman–Crippen MR) is 55.0 cm³/mol. The van der Waals surface area contributed by atoms with Crippen LogP contribution in [0.3, 0.4) is 0 Å². The van der Waals surface area contributed by atoms with E-state index in [9.17, 15) is 9.59 Å². The summed E-state index contributed by atoms with van der Waals surface area (Å²) in [5, 5.41) is 9.25. The molecule has 1 fully saturated rings. The molecule has 0 radical (unpaired) electrons. The lowest BCUT2D eigenvalue weighted by Gasteiger charge is -2.17. The molecule has 1 aliphatic heterocycles. The molecule has 6 heteroatoms. The molecule has 1 aromatic carbocycles. The zero-order valence-electron chi connectivity index (χ0n) is 8.09. The van der Waals surface area contributed by atoms with Crippen LogP contribution >= 0.6 is 11.6 Å². The molecule has 0 unspecified atom stereocenters. The average molecular weight is 242 g/mol. The smallest absolute Gasteiger partial charge is 0.411 e. The Morgan fingerprint density at radius 3 is 2.81 bits per heavy atom. The van der Waals surface area contributed by atoms with Gasteiger partial charge in [0.25, 0.3) is 0 Å². The van der Waals surface area contributed by atoms with Crippen LogP contribution in [-0.4, -0.2) is 28.8 Å². The van der Waals surface area contributed by atoms with E-state index in [0.29, 0.717) is 10.6 Å². The fraction of sp³-hybridized carbons (Fsp3) is 0.200. The third-order valence-corrected chi connectivity index (χ3v) is 2.67. The molecule has 1 aromatic rings. The summed E-state index contributed by atoms with van der Waals surface area (Å²) in [4.78, 5) is 23.3. The van der Waals surface area contributed by atoms with Crippen LogP contribution in [0.15, 0.2) is 24.3 Å². The minimum Gasteiger partial charge on any atom is -0.465 e. The van der Waals surface area contributed by atoms with Crippen LogP contribution in [0.25, 0.3) is 0 Å². The highest BCUT2D eigenvalue weighted by Gasteiger charge is 2.39. The summed E-state index contributed by atoms with van der Waals surface area (Å²) in [6.45, 7) is -0.260. The molecular weight excluding hydrogens is 234 g/mol. The van der Waals surface area contributed by atoms with Gasteiger partial charge < -0.3 is 9.84 Å². The van der Waals surface area contributed by atoms with Crippen molar-refractivity contribution in [3.63, 3.8) is 0 Å². The van der Waals surface area contributed by atoms with Gasteiger partial charge in [-0.2, -0.15) is 0 Å². The van der Waals surface area contributed by atoms with E-state index in [4.69, 9.17) is 21.4 Å². The summed E-state index contributed by atoms with van der Waals surface area (Å²) in [7, 11) is 0. The maximum absolute atomic E-state index is 11.5. The fourth-order valence-electron chi connectivity index (χ4n) is 1.57. The van der Waals surface area contributed by atoms with Crippen LogP contribution in [0, 0.1) is 0 Å². The molecule has 0 saturated carbocycles. The Hall–Kier alpha value is -1.75. The molecule has 0 aliphatic carbocycles. The van der Waals surface area contributed by atoms with E-state index in [-0.39, 0.29) is 6.73 Å². The second-order valence-corrected chi connectivity index (χ2v) is 3.68. The van der Waals surface area contributed by atoms with E-state index >= 15 is 0 Å². The molecule has 84 valence electrons. The van der Waals surface area contributed by atoms with Crippen molar-refractivity contribution in [1.29, 1.82) is 0 Å². The second-order valence-electron chi connectivity index (χ2n) is 3.27. The van der Waals surface area contributed by atoms with Gasteiger partial charge in [-0.05, 0) is 6.07 Å². The Morgan fingerprint density at radius 1 is 1.50 bits per heavy atom. The lowest BCUT2D eigenvalue weighted by molar-refractivity contribution is -0.139. The molecule has 1 atom stereocenters. The number of rotatable bonds is 1. The average Bonchev–Trinajstić information content (AvgIpc) is 2.61. The third-order valence-electron chi connectivity index (χ3n) is 2.33. The van der Waals surface area contributed by atoms with Crippen molar-refractivity contribution in [2.24, 2.45) is 0 Å². The van der Waals surface area contributed by atoms with Crippen molar-refractivity contribution in [2.75, 3.05) is 6.73 Å². The summed E-state index contributed by atoms with van der Waals surface area (Å²) < 4.78 is 4.70. The van der Waals surface area contributed by atoms with Crippen molar-refractivity contribution >= 4 is 23.7 Å². The number of ether oxygens (including phenoxy) is 1. The molecule has 1 saturated heterocycles. The monoisotopic (exact) mass is 241 g/mol. The Morgan fingerprint density at radius 2 is 2.19 bits per heavy atom. The Balaban J connectivity index is 2.41. The first-order valence-corrected chi connectivity index (χ1v) is 4.89. The van der Waals surface area contributed by atoms with Crippen LogP contribution in [0.1, 0.15) is 11.6 Å². The largest absolute Gasteiger partial charge is 0.465 e. The zero-order chi connectivity index (χ0) is 11.7. The summed E-state index contributed by atoms with van der Waals surface area (Å²) in [6, 6.07) is 5.63. The van der Waals surface area contributed by atoms with Gasteiger partial charge in [-0.25, -0.2) is 9.59 Å². The van der Waals surface area contributed by atoms with Gasteiger partial charge in [0.2, 0.25) is 0 Å². The molecule has 1 aliphatic rings. The van der Waals surface area contributed by atoms with Gasteiger partial charge in [0, 0.05) is 10.6 Å².